The Kier molecular flexibility index (Phi) is 26.5. The van der Waals surface area contributed by atoms with Crippen LogP contribution in [0.5, 0.6) is 5.75 Å². The average Bonchev–Trinajstić information content (AvgIpc) is 4.15. The number of phenolic OH excluding ortho intramolecular Hbond substituents is 1. The first kappa shape index (κ1) is 67.5. The Morgan fingerprint density at radius 1 is 0.530 bits per heavy atom. The van der Waals surface area contributed by atoms with Crippen LogP contribution in [0.15, 0.2) is 85.1 Å². The Morgan fingerprint density at radius 2 is 1.01 bits per heavy atom. The van der Waals surface area contributed by atoms with Gasteiger partial charge in [0.1, 0.15) is 54.1 Å². The van der Waals surface area contributed by atoms with E-state index in [0.29, 0.717) is 33.3 Å². The number of aromatic hydroxyl groups is 1. The van der Waals surface area contributed by atoms with Gasteiger partial charge in [-0.25, -0.2) is 4.79 Å². The third kappa shape index (κ3) is 21.3. The van der Waals surface area contributed by atoms with E-state index in [1.165, 1.54) is 30.8 Å². The third-order valence-electron chi connectivity index (χ3n) is 13.5. The number of para-hydroxylation sites is 1. The molecule has 24 nitrogen and oxygen atoms in total. The number of rotatable bonds is 33. The van der Waals surface area contributed by atoms with Crippen molar-refractivity contribution < 1.29 is 68.4 Å². The number of H-pyrrole nitrogens is 1. The Hall–Kier alpha value is -8.03. The quantitative estimate of drug-likeness (QED) is 0.0318. The summed E-state index contributed by atoms with van der Waals surface area (Å²) in [6.07, 6.45) is 0.665. The minimum Gasteiger partial charge on any atom is -0.508 e. The van der Waals surface area contributed by atoms with Crippen LogP contribution in [0.1, 0.15) is 84.4 Å². The fraction of sp³-hybridized carbons (Fsp3) is 0.483. The molecule has 0 bridgehead atoms. The molecule has 0 fully saturated rings. The molecular formula is C58H80N10O14S. The number of thioether (sulfide) groups is 1. The second-order valence-electron chi connectivity index (χ2n) is 21.6. The fourth-order valence-electron chi connectivity index (χ4n) is 8.92. The first-order valence-corrected chi connectivity index (χ1v) is 28.8. The summed E-state index contributed by atoms with van der Waals surface area (Å²) in [6, 6.07) is 8.77. The Balaban J connectivity index is 1.65. The van der Waals surface area contributed by atoms with Crippen molar-refractivity contribution >= 4 is 81.9 Å². The van der Waals surface area contributed by atoms with E-state index >= 15 is 0 Å². The summed E-state index contributed by atoms with van der Waals surface area (Å²) in [4.78, 5) is 140. The van der Waals surface area contributed by atoms with Gasteiger partial charge in [-0.15, -0.1) is 0 Å². The third-order valence-corrected chi connectivity index (χ3v) is 14.2. The van der Waals surface area contributed by atoms with Crippen LogP contribution < -0.4 is 48.3 Å². The highest BCUT2D eigenvalue weighted by molar-refractivity contribution is 7.98. The van der Waals surface area contributed by atoms with E-state index in [2.05, 4.69) is 47.5 Å². The highest BCUT2D eigenvalue weighted by atomic mass is 32.2. The Morgan fingerprint density at radius 3 is 1.58 bits per heavy atom. The molecule has 15 N–H and O–H groups in total. The molecule has 452 valence electrons. The van der Waals surface area contributed by atoms with Crippen molar-refractivity contribution in [3.05, 3.63) is 102 Å². The number of amides is 8. The molecule has 25 heteroatoms. The molecule has 0 saturated heterocycles. The first-order valence-electron chi connectivity index (χ1n) is 27.4. The van der Waals surface area contributed by atoms with E-state index in [-0.39, 0.29) is 43.8 Å². The van der Waals surface area contributed by atoms with E-state index < -0.39 is 138 Å². The maximum absolute atomic E-state index is 14.9. The number of carboxylic acid groups (broad SMARTS) is 2. The predicted octanol–water partition coefficient (Wildman–Crippen LogP) is 1.16. The molecule has 3 aromatic carbocycles. The largest absolute Gasteiger partial charge is 0.508 e. The Labute approximate surface area is 486 Å². The number of nitrogens with one attached hydrogen (secondary N) is 9. The lowest BCUT2D eigenvalue weighted by molar-refractivity contribution is -0.144. The number of aliphatic hydroxyl groups is 1. The number of nitrogens with two attached hydrogens (primary N) is 1. The van der Waals surface area contributed by atoms with Gasteiger partial charge in [-0.3, -0.25) is 43.2 Å². The Bertz CT molecular complexity index is 2870. The molecule has 0 unspecified atom stereocenters. The summed E-state index contributed by atoms with van der Waals surface area (Å²) in [6.45, 7) is 11.1. The van der Waals surface area contributed by atoms with Gasteiger partial charge in [0.05, 0.1) is 18.6 Å². The van der Waals surface area contributed by atoms with Crippen LogP contribution in [0.3, 0.4) is 0 Å². The number of aliphatic hydroxyl groups excluding tert-OH is 1. The molecule has 0 radical (unpaired) electrons. The van der Waals surface area contributed by atoms with Gasteiger partial charge in [0.15, 0.2) is 0 Å². The lowest BCUT2D eigenvalue weighted by atomic mass is 10.00. The SMILES string of the molecule is CSCC[C@H](NC(=O)[C@H](Cc1ccccc1)NC(=O)[C@H](Cc1c[nH]c2ccccc12)NC(=O)[C@H](CC(=O)O)NC(=O)[C@H](CC(C)C)NC(=O)[C@@H](N)Cc1ccc(O)cc1)C(=O)N[C@H](C(=O)N[C@H](C(=O)N[C@H](C(=O)O)C(C)C)[C@@H](C)O)C(C)C. The van der Waals surface area contributed by atoms with Gasteiger partial charge in [-0.2, -0.15) is 11.8 Å². The number of fused-ring (bicyclic) bond motifs is 1. The number of aromatic nitrogens is 1. The molecule has 0 aliphatic carbocycles. The number of aromatic amines is 1. The number of aliphatic carboxylic acids is 2. The van der Waals surface area contributed by atoms with Crippen molar-refractivity contribution in [3.8, 4) is 5.75 Å². The molecule has 1 aromatic heterocycles. The highest BCUT2D eigenvalue weighted by Crippen LogP contribution is 2.20. The zero-order valence-corrected chi connectivity index (χ0v) is 48.7. The molecule has 4 rings (SSSR count). The molecule has 0 saturated carbocycles. The standard InChI is InChI=1S/C58H80N10O14S/c1-30(2)24-42(62-50(73)39(59)25-35-18-20-37(70)21-19-35)52(75)65-45(28-46(71)72)55(78)64-44(27-36-29-60-40-17-13-12-16-38(36)40)54(77)63-43(26-34-14-10-9-11-15-34)53(76)61-41(22-23-83-8)51(74)66-47(31(3)4)56(79)68-49(33(7)69)57(80)67-48(32(5)6)58(81)82/h9-21,29-33,39,41-45,47-49,60,69-70H,22-28,59H2,1-8H3,(H,61,76)(H,62,73)(H,63,77)(H,64,78)(H,65,75)(H,66,74)(H,67,80)(H,68,79)(H,71,72)(H,81,82)/t33-,39+,41+,42+,43+,44+,45+,47+,48+,49+/m1/s1. The van der Waals surface area contributed by atoms with Crippen molar-refractivity contribution in [2.45, 2.75) is 147 Å². The number of hydrogen-bond donors (Lipinski definition) is 14. The smallest absolute Gasteiger partial charge is 0.326 e. The normalized spacial score (nSPS) is 15.0. The molecule has 8 amide bonds. The lowest BCUT2D eigenvalue weighted by Crippen LogP contribution is -2.62. The summed E-state index contributed by atoms with van der Waals surface area (Å²) in [7, 11) is 0. The zero-order valence-electron chi connectivity index (χ0n) is 47.9. The van der Waals surface area contributed by atoms with Crippen LogP contribution >= 0.6 is 11.8 Å². The van der Waals surface area contributed by atoms with Crippen molar-refractivity contribution in [1.82, 2.24) is 47.5 Å². The van der Waals surface area contributed by atoms with Gasteiger partial charge in [0, 0.05) is 29.9 Å². The molecule has 0 aliphatic heterocycles. The van der Waals surface area contributed by atoms with Crippen LogP contribution in [-0.4, -0.2) is 157 Å². The van der Waals surface area contributed by atoms with Crippen molar-refractivity contribution in [1.29, 1.82) is 0 Å². The minimum atomic E-state index is -1.81. The summed E-state index contributed by atoms with van der Waals surface area (Å²) in [5.41, 5.74) is 8.63. The van der Waals surface area contributed by atoms with Gasteiger partial charge in [-0.1, -0.05) is 102 Å². The van der Waals surface area contributed by atoms with E-state index in [9.17, 15) is 68.4 Å². The van der Waals surface area contributed by atoms with Crippen LogP contribution in [0.25, 0.3) is 10.9 Å². The summed E-state index contributed by atoms with van der Waals surface area (Å²) < 4.78 is 0. The maximum atomic E-state index is 14.9. The zero-order chi connectivity index (χ0) is 61.7. The van der Waals surface area contributed by atoms with Crippen LogP contribution in [0, 0.1) is 17.8 Å². The minimum absolute atomic E-state index is 0.0116. The predicted molar refractivity (Wildman–Crippen MR) is 311 cm³/mol. The monoisotopic (exact) mass is 1170 g/mol. The number of hydrogen-bond acceptors (Lipinski definition) is 14. The van der Waals surface area contributed by atoms with Crippen LogP contribution in [-0.2, 0) is 67.2 Å². The van der Waals surface area contributed by atoms with E-state index in [1.54, 1.807) is 121 Å². The van der Waals surface area contributed by atoms with E-state index in [4.69, 9.17) is 5.73 Å². The molecule has 83 heavy (non-hydrogen) atoms. The van der Waals surface area contributed by atoms with Crippen molar-refractivity contribution in [2.24, 2.45) is 23.5 Å². The number of carbonyl (C=O) groups is 10. The van der Waals surface area contributed by atoms with Crippen LogP contribution in [0.2, 0.25) is 0 Å². The van der Waals surface area contributed by atoms with Crippen LogP contribution in [0.4, 0.5) is 0 Å². The number of carboxylic acids is 2. The first-order chi connectivity index (χ1) is 39.2. The summed E-state index contributed by atoms with van der Waals surface area (Å²) >= 11 is 1.35. The van der Waals surface area contributed by atoms with Gasteiger partial charge in [0.25, 0.3) is 0 Å². The summed E-state index contributed by atoms with van der Waals surface area (Å²) in [5, 5.41) is 61.2. The second kappa shape index (κ2) is 32.6. The average molecular weight is 1170 g/mol. The van der Waals surface area contributed by atoms with E-state index in [1.807, 2.05) is 0 Å². The van der Waals surface area contributed by atoms with Gasteiger partial charge in [-0.05, 0) is 90.8 Å². The number of benzene rings is 3. The van der Waals surface area contributed by atoms with E-state index in [0.717, 1.165) is 0 Å². The van der Waals surface area contributed by atoms with Gasteiger partial charge >= 0.3 is 11.9 Å². The maximum Gasteiger partial charge on any atom is 0.326 e. The van der Waals surface area contributed by atoms with Crippen molar-refractivity contribution in [2.75, 3.05) is 12.0 Å². The molecular weight excluding hydrogens is 1090 g/mol. The highest BCUT2D eigenvalue weighted by Gasteiger charge is 2.38. The summed E-state index contributed by atoms with van der Waals surface area (Å²) in [5.74, 6) is -11.1. The molecule has 0 aliphatic rings. The van der Waals surface area contributed by atoms with Crippen molar-refractivity contribution in [3.63, 3.8) is 0 Å². The van der Waals surface area contributed by atoms with Gasteiger partial charge in [0.2, 0.25) is 47.3 Å². The van der Waals surface area contributed by atoms with Gasteiger partial charge < -0.3 is 73.7 Å². The lowest BCUT2D eigenvalue weighted by Gasteiger charge is -2.30. The number of phenols is 1. The molecule has 4 aromatic rings. The molecule has 0 spiro atoms. The second-order valence-corrected chi connectivity index (χ2v) is 22.6. The fourth-order valence-corrected chi connectivity index (χ4v) is 9.39. The topological polar surface area (TPSA) is 390 Å². The molecule has 1 heterocycles. The number of carbonyl (C=O) groups excluding carboxylic acids is 8. The molecule has 10 atom stereocenters.